The zero-order valence-electron chi connectivity index (χ0n) is 12.2. The number of rotatable bonds is 9. The molecule has 0 saturated heterocycles. The van der Waals surface area contributed by atoms with Gasteiger partial charge in [0.25, 0.3) is 0 Å². The van der Waals surface area contributed by atoms with Gasteiger partial charge in [-0.05, 0) is 34.4 Å². The van der Waals surface area contributed by atoms with E-state index in [0.717, 1.165) is 18.5 Å². The molecule has 0 aliphatic heterocycles. The second-order valence-electron chi connectivity index (χ2n) is 4.71. The molecule has 0 aromatic rings. The number of nitrogens with two attached hydrogens (primary N) is 1. The van der Waals surface area contributed by atoms with Crippen LogP contribution in [0.1, 0.15) is 20.3 Å². The van der Waals surface area contributed by atoms with Crippen LogP contribution in [0.2, 0.25) is 0 Å². The van der Waals surface area contributed by atoms with Crippen molar-refractivity contribution < 1.29 is 4.74 Å². The van der Waals surface area contributed by atoms with E-state index in [-0.39, 0.29) is 6.10 Å². The van der Waals surface area contributed by atoms with Gasteiger partial charge in [-0.1, -0.05) is 12.2 Å². The van der Waals surface area contributed by atoms with E-state index in [4.69, 9.17) is 10.5 Å². The van der Waals surface area contributed by atoms with E-state index in [1.807, 2.05) is 13.8 Å². The van der Waals surface area contributed by atoms with Crippen LogP contribution >= 0.6 is 0 Å². The molecule has 0 aromatic heterocycles. The zero-order valence-corrected chi connectivity index (χ0v) is 12.2. The van der Waals surface area contributed by atoms with E-state index in [1.165, 1.54) is 0 Å². The Morgan fingerprint density at radius 1 is 1.50 bits per heavy atom. The lowest BCUT2D eigenvalue weighted by Gasteiger charge is -2.18. The van der Waals surface area contributed by atoms with Gasteiger partial charge in [0.15, 0.2) is 5.96 Å². The molecule has 0 aliphatic rings. The Morgan fingerprint density at radius 3 is 2.67 bits per heavy atom. The normalized spacial score (nSPS) is 13.7. The van der Waals surface area contributed by atoms with Gasteiger partial charge in [0.2, 0.25) is 0 Å². The number of guanidine groups is 1. The van der Waals surface area contributed by atoms with E-state index >= 15 is 0 Å². The minimum Gasteiger partial charge on any atom is -0.377 e. The standard InChI is InChI=1S/C13H28N4O/c1-6-18-12(7-8-17(4)5)10-16-13(14)15-9-11(2)3/h12H,2,6-10H2,1,3-5H3,(H3,14,15,16). The molecule has 0 fully saturated rings. The van der Waals surface area contributed by atoms with Crippen molar-refractivity contribution in [1.82, 2.24) is 10.2 Å². The highest BCUT2D eigenvalue weighted by Crippen LogP contribution is 2.00. The van der Waals surface area contributed by atoms with Gasteiger partial charge in [-0.25, -0.2) is 0 Å². The molecule has 5 nitrogen and oxygen atoms in total. The van der Waals surface area contributed by atoms with Crippen LogP contribution in [0.3, 0.4) is 0 Å². The molecule has 3 N–H and O–H groups in total. The van der Waals surface area contributed by atoms with Crippen LogP contribution in [0, 0.1) is 0 Å². The molecule has 5 heteroatoms. The third-order valence-electron chi connectivity index (χ3n) is 2.34. The maximum absolute atomic E-state index is 5.75. The van der Waals surface area contributed by atoms with Gasteiger partial charge in [-0.15, -0.1) is 0 Å². The van der Waals surface area contributed by atoms with Gasteiger partial charge in [-0.3, -0.25) is 4.99 Å². The largest absolute Gasteiger partial charge is 0.377 e. The number of hydrogen-bond donors (Lipinski definition) is 2. The average Bonchev–Trinajstić information content (AvgIpc) is 2.29. The predicted octanol–water partition coefficient (Wildman–Crippen LogP) is 0.824. The van der Waals surface area contributed by atoms with Crippen molar-refractivity contribution in [3.8, 4) is 0 Å². The van der Waals surface area contributed by atoms with E-state index in [1.54, 1.807) is 0 Å². The Balaban J connectivity index is 4.06. The van der Waals surface area contributed by atoms with Gasteiger partial charge in [0, 0.05) is 19.7 Å². The second kappa shape index (κ2) is 9.91. The molecule has 0 radical (unpaired) electrons. The molecule has 0 aromatic carbocycles. The van der Waals surface area contributed by atoms with Crippen molar-refractivity contribution >= 4 is 5.96 Å². The molecule has 1 atom stereocenters. The molecule has 106 valence electrons. The van der Waals surface area contributed by atoms with Crippen LogP contribution in [0.4, 0.5) is 0 Å². The smallest absolute Gasteiger partial charge is 0.188 e. The summed E-state index contributed by atoms with van der Waals surface area (Å²) in [6.45, 7) is 10.7. The summed E-state index contributed by atoms with van der Waals surface area (Å²) in [5, 5.41) is 3.01. The van der Waals surface area contributed by atoms with E-state index in [0.29, 0.717) is 25.7 Å². The second-order valence-corrected chi connectivity index (χ2v) is 4.71. The van der Waals surface area contributed by atoms with Crippen molar-refractivity contribution in [2.24, 2.45) is 10.7 Å². The summed E-state index contributed by atoms with van der Waals surface area (Å²) in [7, 11) is 4.10. The van der Waals surface area contributed by atoms with Crippen LogP contribution in [0.5, 0.6) is 0 Å². The quantitative estimate of drug-likeness (QED) is 0.364. The lowest BCUT2D eigenvalue weighted by Crippen LogP contribution is -2.34. The summed E-state index contributed by atoms with van der Waals surface area (Å²) < 4.78 is 5.63. The molecule has 0 aliphatic carbocycles. The summed E-state index contributed by atoms with van der Waals surface area (Å²) in [5.74, 6) is 0.451. The summed E-state index contributed by atoms with van der Waals surface area (Å²) in [6, 6.07) is 0. The summed E-state index contributed by atoms with van der Waals surface area (Å²) in [4.78, 5) is 6.43. The first-order chi connectivity index (χ1) is 8.45. The molecular formula is C13H28N4O. The minimum absolute atomic E-state index is 0.127. The first kappa shape index (κ1) is 16.9. The number of nitrogens with zero attached hydrogens (tertiary/aromatic N) is 2. The van der Waals surface area contributed by atoms with Gasteiger partial charge >= 0.3 is 0 Å². The van der Waals surface area contributed by atoms with Crippen molar-refractivity contribution in [1.29, 1.82) is 0 Å². The maximum atomic E-state index is 5.75. The van der Waals surface area contributed by atoms with E-state index < -0.39 is 0 Å². The molecular weight excluding hydrogens is 228 g/mol. The maximum Gasteiger partial charge on any atom is 0.188 e. The molecule has 0 spiro atoms. The highest BCUT2D eigenvalue weighted by atomic mass is 16.5. The van der Waals surface area contributed by atoms with Gasteiger partial charge in [0.05, 0.1) is 12.6 Å². The fraction of sp³-hybridized carbons (Fsp3) is 0.769. The third-order valence-corrected chi connectivity index (χ3v) is 2.34. The van der Waals surface area contributed by atoms with Crippen LogP contribution in [0.25, 0.3) is 0 Å². The van der Waals surface area contributed by atoms with Crippen molar-refractivity contribution in [2.45, 2.75) is 26.4 Å². The number of hydrogen-bond acceptors (Lipinski definition) is 3. The van der Waals surface area contributed by atoms with E-state index in [9.17, 15) is 0 Å². The predicted molar refractivity (Wildman–Crippen MR) is 77.9 cm³/mol. The SMILES string of the molecule is C=C(C)CNC(N)=NCC(CCN(C)C)OCC. The Hall–Kier alpha value is -1.07. The Labute approximate surface area is 111 Å². The Bertz CT molecular complexity index is 264. The molecule has 0 saturated carbocycles. The Kier molecular flexibility index (Phi) is 9.32. The molecule has 1 unspecified atom stereocenters. The molecule has 0 rings (SSSR count). The molecule has 18 heavy (non-hydrogen) atoms. The van der Waals surface area contributed by atoms with Gasteiger partial charge in [0.1, 0.15) is 0 Å². The number of ether oxygens (including phenoxy) is 1. The highest BCUT2D eigenvalue weighted by molar-refractivity contribution is 5.78. The fourth-order valence-electron chi connectivity index (χ4n) is 1.36. The van der Waals surface area contributed by atoms with Crippen LogP contribution in [-0.4, -0.2) is 57.3 Å². The number of aliphatic imine (C=N–C) groups is 1. The van der Waals surface area contributed by atoms with E-state index in [2.05, 4.69) is 35.9 Å². The highest BCUT2D eigenvalue weighted by Gasteiger charge is 2.08. The first-order valence-electron chi connectivity index (χ1n) is 6.40. The minimum atomic E-state index is 0.127. The number of nitrogens with one attached hydrogen (secondary N) is 1. The summed E-state index contributed by atoms with van der Waals surface area (Å²) >= 11 is 0. The van der Waals surface area contributed by atoms with Gasteiger partial charge < -0.3 is 20.7 Å². The zero-order chi connectivity index (χ0) is 14.0. The monoisotopic (exact) mass is 256 g/mol. The lowest BCUT2D eigenvalue weighted by molar-refractivity contribution is 0.0583. The third kappa shape index (κ3) is 10.1. The molecule has 0 amide bonds. The average molecular weight is 256 g/mol. The topological polar surface area (TPSA) is 62.9 Å². The van der Waals surface area contributed by atoms with Gasteiger partial charge in [-0.2, -0.15) is 0 Å². The van der Waals surface area contributed by atoms with Crippen molar-refractivity contribution in [3.05, 3.63) is 12.2 Å². The lowest BCUT2D eigenvalue weighted by atomic mass is 10.2. The van der Waals surface area contributed by atoms with Crippen LogP contribution in [-0.2, 0) is 4.74 Å². The van der Waals surface area contributed by atoms with Crippen molar-refractivity contribution in [2.75, 3.05) is 40.3 Å². The van der Waals surface area contributed by atoms with Crippen LogP contribution < -0.4 is 11.1 Å². The van der Waals surface area contributed by atoms with Crippen LogP contribution in [0.15, 0.2) is 17.1 Å². The Morgan fingerprint density at radius 2 is 2.17 bits per heavy atom. The first-order valence-corrected chi connectivity index (χ1v) is 6.40. The molecule has 0 bridgehead atoms. The summed E-state index contributed by atoms with van der Waals surface area (Å²) in [5.41, 5.74) is 6.78. The fourth-order valence-corrected chi connectivity index (χ4v) is 1.36. The summed E-state index contributed by atoms with van der Waals surface area (Å²) in [6.07, 6.45) is 1.08. The van der Waals surface area contributed by atoms with Crippen molar-refractivity contribution in [3.63, 3.8) is 0 Å². The molecule has 0 heterocycles.